The van der Waals surface area contributed by atoms with Gasteiger partial charge in [-0.15, -0.1) is 0 Å². The fourth-order valence-corrected chi connectivity index (χ4v) is 2.81. The van der Waals surface area contributed by atoms with Gasteiger partial charge in [-0.2, -0.15) is 0 Å². The Balaban J connectivity index is 1.79. The lowest BCUT2D eigenvalue weighted by Crippen LogP contribution is -2.26. The summed E-state index contributed by atoms with van der Waals surface area (Å²) in [6.45, 7) is 0. The van der Waals surface area contributed by atoms with Crippen LogP contribution < -0.4 is 9.47 Å². The molecule has 1 aliphatic rings. The number of para-hydroxylation sites is 2. The highest BCUT2D eigenvalue weighted by atomic mass is 16.6. The van der Waals surface area contributed by atoms with Crippen LogP contribution in [0.5, 0.6) is 11.5 Å². The minimum Gasteiger partial charge on any atom is -0.478 e. The minimum atomic E-state index is -0.154. The third-order valence-electron chi connectivity index (χ3n) is 3.89. The molecule has 0 saturated carbocycles. The van der Waals surface area contributed by atoms with Crippen molar-refractivity contribution in [2.75, 3.05) is 0 Å². The lowest BCUT2D eigenvalue weighted by atomic mass is 9.97. The van der Waals surface area contributed by atoms with Crippen molar-refractivity contribution < 1.29 is 9.47 Å². The van der Waals surface area contributed by atoms with Crippen LogP contribution in [-0.4, -0.2) is 0 Å². The van der Waals surface area contributed by atoms with E-state index in [0.29, 0.717) is 0 Å². The van der Waals surface area contributed by atoms with Crippen molar-refractivity contribution in [2.45, 2.75) is 12.2 Å². The number of hydrogen-bond acceptors (Lipinski definition) is 2. The molecule has 0 spiro atoms. The Bertz CT molecular complexity index is 686. The quantitative estimate of drug-likeness (QED) is 0.665. The van der Waals surface area contributed by atoms with Gasteiger partial charge in [0.2, 0.25) is 0 Å². The first-order valence-corrected chi connectivity index (χ1v) is 7.44. The minimum absolute atomic E-state index is 0.154. The number of benzene rings is 3. The predicted molar refractivity (Wildman–Crippen MR) is 86.1 cm³/mol. The van der Waals surface area contributed by atoms with Crippen LogP contribution >= 0.6 is 0 Å². The van der Waals surface area contributed by atoms with E-state index in [4.69, 9.17) is 9.47 Å². The van der Waals surface area contributed by atoms with Crippen LogP contribution in [0.15, 0.2) is 84.9 Å². The Kier molecular flexibility index (Phi) is 3.28. The molecule has 2 heteroatoms. The molecule has 0 unspecified atom stereocenters. The molecule has 22 heavy (non-hydrogen) atoms. The molecular weight excluding hydrogens is 272 g/mol. The standard InChI is InChI=1S/C20H16O2/c1-3-9-15(10-4-1)19-20(16-11-5-2-6-12-16)22-18-14-8-7-13-17(18)21-19/h1-14,19-20H/t19-,20+. The second kappa shape index (κ2) is 5.57. The highest BCUT2D eigenvalue weighted by molar-refractivity contribution is 5.43. The average Bonchev–Trinajstić information content (AvgIpc) is 2.62. The first-order valence-electron chi connectivity index (χ1n) is 7.44. The van der Waals surface area contributed by atoms with Crippen LogP contribution in [0.4, 0.5) is 0 Å². The molecule has 0 aliphatic carbocycles. The monoisotopic (exact) mass is 288 g/mol. The molecule has 2 nitrogen and oxygen atoms in total. The van der Waals surface area contributed by atoms with Crippen molar-refractivity contribution in [3.8, 4) is 11.5 Å². The highest BCUT2D eigenvalue weighted by Crippen LogP contribution is 2.45. The molecule has 1 heterocycles. The second-order valence-electron chi connectivity index (χ2n) is 5.35. The van der Waals surface area contributed by atoms with Gasteiger partial charge in [0.1, 0.15) is 0 Å². The molecule has 0 amide bonds. The molecule has 0 bridgehead atoms. The van der Waals surface area contributed by atoms with Gasteiger partial charge >= 0.3 is 0 Å². The zero-order valence-corrected chi connectivity index (χ0v) is 12.1. The summed E-state index contributed by atoms with van der Waals surface area (Å²) in [7, 11) is 0. The molecule has 0 fully saturated rings. The van der Waals surface area contributed by atoms with Crippen LogP contribution in [0.1, 0.15) is 23.3 Å². The van der Waals surface area contributed by atoms with Crippen LogP contribution in [-0.2, 0) is 0 Å². The Morgan fingerprint density at radius 3 is 1.23 bits per heavy atom. The maximum atomic E-state index is 6.26. The molecule has 0 saturated heterocycles. The topological polar surface area (TPSA) is 18.5 Å². The van der Waals surface area contributed by atoms with Crippen molar-refractivity contribution in [3.63, 3.8) is 0 Å². The Hall–Kier alpha value is -2.74. The molecule has 2 atom stereocenters. The van der Waals surface area contributed by atoms with Crippen molar-refractivity contribution in [3.05, 3.63) is 96.1 Å². The molecule has 1 aliphatic heterocycles. The summed E-state index contributed by atoms with van der Waals surface area (Å²) in [5.41, 5.74) is 2.23. The third kappa shape index (κ3) is 2.33. The van der Waals surface area contributed by atoms with Crippen LogP contribution in [0.25, 0.3) is 0 Å². The van der Waals surface area contributed by atoms with E-state index >= 15 is 0 Å². The van der Waals surface area contributed by atoms with Crippen LogP contribution in [0, 0.1) is 0 Å². The number of ether oxygens (including phenoxy) is 2. The molecule has 3 aromatic carbocycles. The predicted octanol–water partition coefficient (Wildman–Crippen LogP) is 4.94. The summed E-state index contributed by atoms with van der Waals surface area (Å²) in [5, 5.41) is 0. The largest absolute Gasteiger partial charge is 0.478 e. The lowest BCUT2D eigenvalue weighted by molar-refractivity contribution is 0.0183. The van der Waals surface area contributed by atoms with E-state index in [1.807, 2.05) is 60.7 Å². The Morgan fingerprint density at radius 1 is 0.455 bits per heavy atom. The van der Waals surface area contributed by atoms with Gasteiger partial charge in [-0.25, -0.2) is 0 Å². The molecular formula is C20H16O2. The molecule has 4 rings (SSSR count). The van der Waals surface area contributed by atoms with Crippen molar-refractivity contribution in [2.24, 2.45) is 0 Å². The van der Waals surface area contributed by atoms with Gasteiger partial charge in [-0.05, 0) is 23.3 Å². The summed E-state index contributed by atoms with van der Waals surface area (Å²) >= 11 is 0. The molecule has 108 valence electrons. The molecule has 0 radical (unpaired) electrons. The second-order valence-corrected chi connectivity index (χ2v) is 5.35. The average molecular weight is 288 g/mol. The SMILES string of the molecule is c1ccc([C@H]2Oc3ccccc3O[C@H]2c2ccccc2)cc1. The van der Waals surface area contributed by atoms with Crippen LogP contribution in [0.3, 0.4) is 0 Å². The fraction of sp³-hybridized carbons (Fsp3) is 0.100. The number of hydrogen-bond donors (Lipinski definition) is 0. The summed E-state index contributed by atoms with van der Waals surface area (Å²) in [6.07, 6.45) is -0.308. The van der Waals surface area contributed by atoms with Crippen molar-refractivity contribution in [1.82, 2.24) is 0 Å². The van der Waals surface area contributed by atoms with Gasteiger partial charge < -0.3 is 9.47 Å². The number of rotatable bonds is 2. The smallest absolute Gasteiger partial charge is 0.165 e. The molecule has 0 N–H and O–H groups in total. The van der Waals surface area contributed by atoms with Gasteiger partial charge in [-0.1, -0.05) is 72.8 Å². The normalized spacial score (nSPS) is 19.6. The molecule has 3 aromatic rings. The lowest BCUT2D eigenvalue weighted by Gasteiger charge is -2.34. The Labute approximate surface area is 129 Å². The van der Waals surface area contributed by atoms with E-state index in [0.717, 1.165) is 22.6 Å². The third-order valence-corrected chi connectivity index (χ3v) is 3.89. The van der Waals surface area contributed by atoms with Gasteiger partial charge in [0.05, 0.1) is 0 Å². The van der Waals surface area contributed by atoms with E-state index < -0.39 is 0 Å². The van der Waals surface area contributed by atoms with E-state index in [1.54, 1.807) is 0 Å². The molecule has 0 aromatic heterocycles. The van der Waals surface area contributed by atoms with E-state index in [9.17, 15) is 0 Å². The number of fused-ring (bicyclic) bond motifs is 1. The van der Waals surface area contributed by atoms with Gasteiger partial charge in [0, 0.05) is 0 Å². The highest BCUT2D eigenvalue weighted by Gasteiger charge is 2.33. The summed E-state index contributed by atoms with van der Waals surface area (Å²) in [6, 6.07) is 28.3. The summed E-state index contributed by atoms with van der Waals surface area (Å²) in [4.78, 5) is 0. The van der Waals surface area contributed by atoms with Gasteiger partial charge in [0.15, 0.2) is 23.7 Å². The van der Waals surface area contributed by atoms with E-state index in [-0.39, 0.29) is 12.2 Å². The zero-order valence-electron chi connectivity index (χ0n) is 12.1. The van der Waals surface area contributed by atoms with Crippen molar-refractivity contribution in [1.29, 1.82) is 0 Å². The van der Waals surface area contributed by atoms with Crippen LogP contribution in [0.2, 0.25) is 0 Å². The Morgan fingerprint density at radius 2 is 0.818 bits per heavy atom. The van der Waals surface area contributed by atoms with E-state index in [1.165, 1.54) is 0 Å². The summed E-state index contributed by atoms with van der Waals surface area (Å²) < 4.78 is 12.5. The maximum absolute atomic E-state index is 6.26. The fourth-order valence-electron chi connectivity index (χ4n) is 2.81. The van der Waals surface area contributed by atoms with E-state index in [2.05, 4.69) is 24.3 Å². The first-order chi connectivity index (χ1) is 10.9. The summed E-state index contributed by atoms with van der Waals surface area (Å²) in [5.74, 6) is 1.59. The van der Waals surface area contributed by atoms with Crippen molar-refractivity contribution >= 4 is 0 Å². The first kappa shape index (κ1) is 13.0. The van der Waals surface area contributed by atoms with Gasteiger partial charge in [-0.3, -0.25) is 0 Å². The zero-order chi connectivity index (χ0) is 14.8. The maximum Gasteiger partial charge on any atom is 0.165 e. The van der Waals surface area contributed by atoms with Gasteiger partial charge in [0.25, 0.3) is 0 Å².